The van der Waals surface area contributed by atoms with E-state index in [-0.39, 0.29) is 17.0 Å². The lowest BCUT2D eigenvalue weighted by atomic mass is 9.93. The Balaban J connectivity index is 1.29. The van der Waals surface area contributed by atoms with Gasteiger partial charge in [0.2, 0.25) is 10.0 Å². The summed E-state index contributed by atoms with van der Waals surface area (Å²) in [6.07, 6.45) is 5.28. The fourth-order valence-electron chi connectivity index (χ4n) is 5.19. The highest BCUT2D eigenvalue weighted by Gasteiger charge is 2.34. The average Bonchev–Trinajstić information content (AvgIpc) is 2.88. The SMILES string of the molecule is CN([C@H]1CC[C@H](OCCCCCCN2CCC(CO)CC2)CC1)S(=O)(=O)c1ccc(C(F)(F)F)cc1. The van der Waals surface area contributed by atoms with E-state index in [1.165, 1.54) is 24.2 Å². The molecule has 1 saturated carbocycles. The van der Waals surface area contributed by atoms with E-state index in [2.05, 4.69) is 4.90 Å². The zero-order valence-electron chi connectivity index (χ0n) is 21.3. The number of piperidine rings is 1. The number of unbranched alkanes of at least 4 members (excludes halogenated alkanes) is 3. The van der Waals surface area contributed by atoms with Crippen molar-refractivity contribution in [2.45, 2.75) is 87.4 Å². The topological polar surface area (TPSA) is 70.1 Å². The summed E-state index contributed by atoms with van der Waals surface area (Å²) in [5, 5.41) is 9.22. The first-order valence-corrected chi connectivity index (χ1v) is 14.7. The van der Waals surface area contributed by atoms with Crippen molar-refractivity contribution in [2.75, 3.05) is 39.9 Å². The van der Waals surface area contributed by atoms with E-state index >= 15 is 0 Å². The molecule has 1 heterocycles. The first-order valence-electron chi connectivity index (χ1n) is 13.2. The van der Waals surface area contributed by atoms with Crippen LogP contribution in [-0.4, -0.2) is 74.8 Å². The number of hydrogen-bond acceptors (Lipinski definition) is 5. The van der Waals surface area contributed by atoms with Crippen LogP contribution >= 0.6 is 0 Å². The third kappa shape index (κ3) is 8.41. The van der Waals surface area contributed by atoms with E-state index in [4.69, 9.17) is 4.74 Å². The molecule has 0 atom stereocenters. The van der Waals surface area contributed by atoms with Crippen LogP contribution in [0.15, 0.2) is 29.2 Å². The zero-order valence-corrected chi connectivity index (χ0v) is 22.1. The molecule has 1 aliphatic carbocycles. The number of nitrogens with zero attached hydrogens (tertiary/aromatic N) is 2. The Labute approximate surface area is 213 Å². The number of ether oxygens (including phenoxy) is 1. The van der Waals surface area contributed by atoms with Gasteiger partial charge in [-0.25, -0.2) is 8.42 Å². The van der Waals surface area contributed by atoms with Crippen LogP contribution in [0.3, 0.4) is 0 Å². The zero-order chi connectivity index (χ0) is 26.2. The van der Waals surface area contributed by atoms with E-state index < -0.39 is 21.8 Å². The fraction of sp³-hybridized carbons (Fsp3) is 0.769. The highest BCUT2D eigenvalue weighted by molar-refractivity contribution is 7.89. The summed E-state index contributed by atoms with van der Waals surface area (Å²) in [5.74, 6) is 0.484. The molecule has 2 aliphatic rings. The maximum atomic E-state index is 12.9. The molecule has 2 fully saturated rings. The van der Waals surface area contributed by atoms with Gasteiger partial charge in [-0.05, 0) is 101 Å². The van der Waals surface area contributed by atoms with Crippen LogP contribution in [0, 0.1) is 5.92 Å². The molecular weight excluding hydrogens is 493 g/mol. The van der Waals surface area contributed by atoms with Gasteiger partial charge in [0.25, 0.3) is 0 Å². The Morgan fingerprint density at radius 1 is 0.972 bits per heavy atom. The lowest BCUT2D eigenvalue weighted by Gasteiger charge is -2.34. The van der Waals surface area contributed by atoms with Gasteiger partial charge >= 0.3 is 6.18 Å². The van der Waals surface area contributed by atoms with E-state index in [0.717, 1.165) is 89.0 Å². The number of hydrogen-bond donors (Lipinski definition) is 1. The second-order valence-electron chi connectivity index (χ2n) is 10.2. The molecule has 0 bridgehead atoms. The summed E-state index contributed by atoms with van der Waals surface area (Å²) >= 11 is 0. The molecule has 1 N–H and O–H groups in total. The average molecular weight is 535 g/mol. The van der Waals surface area contributed by atoms with E-state index in [1.807, 2.05) is 0 Å². The maximum Gasteiger partial charge on any atom is 0.416 e. The summed E-state index contributed by atoms with van der Waals surface area (Å²) in [6, 6.07) is 3.50. The molecular formula is C26H41F3N2O4S. The standard InChI is InChI=1S/C26H41F3N2O4S/c1-30(36(33,34)25-12-6-22(7-13-25)26(27,28)29)23-8-10-24(11-9-23)35-19-5-3-2-4-16-31-17-14-21(20-32)15-18-31/h6-7,12-13,21,23-24,32H,2-5,8-11,14-20H2,1H3/t23-,24-. The highest BCUT2D eigenvalue weighted by atomic mass is 32.2. The molecule has 6 nitrogen and oxygen atoms in total. The second kappa shape index (κ2) is 13.6. The van der Waals surface area contributed by atoms with Crippen molar-refractivity contribution in [1.29, 1.82) is 0 Å². The molecule has 0 spiro atoms. The molecule has 0 radical (unpaired) electrons. The molecule has 0 aromatic heterocycles. The predicted octanol–water partition coefficient (Wildman–Crippen LogP) is 4.92. The highest BCUT2D eigenvalue weighted by Crippen LogP contribution is 2.32. The molecule has 206 valence electrons. The number of aliphatic hydroxyl groups excluding tert-OH is 1. The largest absolute Gasteiger partial charge is 0.416 e. The first-order chi connectivity index (χ1) is 17.1. The van der Waals surface area contributed by atoms with Gasteiger partial charge in [-0.15, -0.1) is 0 Å². The third-order valence-corrected chi connectivity index (χ3v) is 9.63. The lowest BCUT2D eigenvalue weighted by Crippen LogP contribution is -2.40. The van der Waals surface area contributed by atoms with Crippen molar-refractivity contribution in [3.8, 4) is 0 Å². The van der Waals surface area contributed by atoms with Crippen molar-refractivity contribution in [3.05, 3.63) is 29.8 Å². The van der Waals surface area contributed by atoms with Crippen molar-refractivity contribution in [1.82, 2.24) is 9.21 Å². The molecule has 10 heteroatoms. The monoisotopic (exact) mass is 534 g/mol. The van der Waals surface area contributed by atoms with Gasteiger partial charge in [0, 0.05) is 26.3 Å². The Morgan fingerprint density at radius 2 is 1.58 bits per heavy atom. The van der Waals surface area contributed by atoms with Crippen molar-refractivity contribution < 1.29 is 31.4 Å². The normalized spacial score (nSPS) is 22.8. The van der Waals surface area contributed by atoms with E-state index in [1.54, 1.807) is 0 Å². The van der Waals surface area contributed by atoms with Crippen LogP contribution in [0.2, 0.25) is 0 Å². The number of halogens is 3. The number of benzene rings is 1. The smallest absolute Gasteiger partial charge is 0.396 e. The second-order valence-corrected chi connectivity index (χ2v) is 12.2. The summed E-state index contributed by atoms with van der Waals surface area (Å²) < 4.78 is 71.5. The van der Waals surface area contributed by atoms with Crippen LogP contribution in [-0.2, 0) is 20.9 Å². The third-order valence-electron chi connectivity index (χ3n) is 7.70. The number of alkyl halides is 3. The predicted molar refractivity (Wildman–Crippen MR) is 133 cm³/mol. The summed E-state index contributed by atoms with van der Waals surface area (Å²) in [4.78, 5) is 2.38. The summed E-state index contributed by atoms with van der Waals surface area (Å²) in [5.41, 5.74) is -0.860. The van der Waals surface area contributed by atoms with Crippen molar-refractivity contribution in [3.63, 3.8) is 0 Å². The quantitative estimate of drug-likeness (QED) is 0.386. The summed E-state index contributed by atoms with van der Waals surface area (Å²) in [7, 11) is -2.34. The number of likely N-dealkylation sites (tertiary alicyclic amines) is 1. The molecule has 1 aromatic rings. The van der Waals surface area contributed by atoms with Gasteiger partial charge in [0.1, 0.15) is 0 Å². The molecule has 0 amide bonds. The van der Waals surface area contributed by atoms with Gasteiger partial charge in [0.15, 0.2) is 0 Å². The number of sulfonamides is 1. The summed E-state index contributed by atoms with van der Waals surface area (Å²) in [6.45, 7) is 4.35. The van der Waals surface area contributed by atoms with Gasteiger partial charge in [0.05, 0.1) is 16.6 Å². The minimum absolute atomic E-state index is 0.119. The Bertz CT molecular complexity index is 879. The van der Waals surface area contributed by atoms with Crippen LogP contribution in [0.4, 0.5) is 13.2 Å². The molecule has 36 heavy (non-hydrogen) atoms. The van der Waals surface area contributed by atoms with Crippen molar-refractivity contribution in [2.24, 2.45) is 5.92 Å². The van der Waals surface area contributed by atoms with Crippen LogP contribution in [0.5, 0.6) is 0 Å². The molecule has 0 unspecified atom stereocenters. The van der Waals surface area contributed by atoms with Crippen LogP contribution < -0.4 is 0 Å². The molecule has 1 aliphatic heterocycles. The van der Waals surface area contributed by atoms with Crippen LogP contribution in [0.1, 0.15) is 69.8 Å². The van der Waals surface area contributed by atoms with Crippen LogP contribution in [0.25, 0.3) is 0 Å². The maximum absolute atomic E-state index is 12.9. The molecule has 3 rings (SSSR count). The van der Waals surface area contributed by atoms with Gasteiger partial charge in [-0.3, -0.25) is 0 Å². The number of aliphatic hydroxyl groups is 1. The fourth-order valence-corrected chi connectivity index (χ4v) is 6.60. The minimum Gasteiger partial charge on any atom is -0.396 e. The van der Waals surface area contributed by atoms with E-state index in [9.17, 15) is 26.7 Å². The van der Waals surface area contributed by atoms with Crippen molar-refractivity contribution >= 4 is 10.0 Å². The number of rotatable bonds is 12. The molecule has 1 saturated heterocycles. The van der Waals surface area contributed by atoms with Gasteiger partial charge < -0.3 is 14.7 Å². The Morgan fingerprint density at radius 3 is 2.17 bits per heavy atom. The minimum atomic E-state index is -4.49. The van der Waals surface area contributed by atoms with Gasteiger partial charge in [-0.1, -0.05) is 12.8 Å². The Hall–Kier alpha value is -1.20. The van der Waals surface area contributed by atoms with E-state index in [0.29, 0.717) is 25.4 Å². The molecule has 1 aromatic carbocycles. The lowest BCUT2D eigenvalue weighted by molar-refractivity contribution is -0.137. The van der Waals surface area contributed by atoms with Gasteiger partial charge in [-0.2, -0.15) is 17.5 Å². The first kappa shape index (κ1) is 29.4. The Kier molecular flexibility index (Phi) is 11.1.